The third-order valence-corrected chi connectivity index (χ3v) is 10.6. The summed E-state index contributed by atoms with van der Waals surface area (Å²) in [5.74, 6) is 0.209. The summed E-state index contributed by atoms with van der Waals surface area (Å²) in [6, 6.07) is 32.1. The van der Waals surface area contributed by atoms with Gasteiger partial charge in [-0.25, -0.2) is 9.59 Å². The summed E-state index contributed by atoms with van der Waals surface area (Å²) in [5.41, 5.74) is 6.61. The summed E-state index contributed by atoms with van der Waals surface area (Å²) < 4.78 is 18.9. The van der Waals surface area contributed by atoms with E-state index in [-0.39, 0.29) is 25.4 Å². The van der Waals surface area contributed by atoms with Crippen LogP contribution < -0.4 is 10.6 Å². The molecule has 51 heavy (non-hydrogen) atoms. The molecule has 1 aliphatic rings. The van der Waals surface area contributed by atoms with Gasteiger partial charge in [0.25, 0.3) is 0 Å². The average molecular weight is 725 g/mol. The Morgan fingerprint density at radius 2 is 1.65 bits per heavy atom. The van der Waals surface area contributed by atoms with Gasteiger partial charge in [-0.15, -0.1) is 10.2 Å². The van der Waals surface area contributed by atoms with Crippen LogP contribution in [-0.2, 0) is 38.6 Å². The second-order valence-corrected chi connectivity index (χ2v) is 14.6. The van der Waals surface area contributed by atoms with E-state index in [0.29, 0.717) is 18.6 Å². The zero-order valence-electron chi connectivity index (χ0n) is 28.4. The molecule has 10 nitrogen and oxygen atoms in total. The van der Waals surface area contributed by atoms with Gasteiger partial charge in [-0.3, -0.25) is 0 Å². The lowest BCUT2D eigenvalue weighted by atomic mass is 9.99. The number of amides is 2. The number of benzene rings is 4. The highest BCUT2D eigenvalue weighted by Crippen LogP contribution is 2.40. The number of aryl methyl sites for hydroxylation is 1. The highest BCUT2D eigenvalue weighted by atomic mass is 32.2. The number of thioether (sulfide) groups is 1. The van der Waals surface area contributed by atoms with Crippen LogP contribution in [0.1, 0.15) is 51.6 Å². The van der Waals surface area contributed by atoms with Crippen LogP contribution >= 0.6 is 23.1 Å². The van der Waals surface area contributed by atoms with E-state index in [2.05, 4.69) is 20.8 Å². The van der Waals surface area contributed by atoms with Crippen molar-refractivity contribution in [3.05, 3.63) is 136 Å². The Morgan fingerprint density at radius 3 is 2.35 bits per heavy atom. The molecular formula is C39H40N4O6S2. The van der Waals surface area contributed by atoms with Gasteiger partial charge < -0.3 is 30.0 Å². The summed E-state index contributed by atoms with van der Waals surface area (Å²) >= 11 is 3.21. The summed E-state index contributed by atoms with van der Waals surface area (Å²) in [6.45, 7) is 2.21. The molecule has 0 bridgehead atoms. The number of ether oxygens (including phenoxy) is 3. The Hall–Kier alpha value is -4.59. The average Bonchev–Trinajstić information content (AvgIpc) is 3.61. The van der Waals surface area contributed by atoms with Crippen molar-refractivity contribution in [1.29, 1.82) is 0 Å². The fourth-order valence-electron chi connectivity index (χ4n) is 5.79. The van der Waals surface area contributed by atoms with Crippen molar-refractivity contribution in [1.82, 2.24) is 20.8 Å². The lowest BCUT2D eigenvalue weighted by Gasteiger charge is -2.36. The van der Waals surface area contributed by atoms with Gasteiger partial charge in [0.05, 0.1) is 25.9 Å². The van der Waals surface area contributed by atoms with Gasteiger partial charge in [-0.1, -0.05) is 120 Å². The number of aromatic nitrogens is 2. The number of hydrogen-bond acceptors (Lipinski definition) is 10. The highest BCUT2D eigenvalue weighted by Gasteiger charge is 2.32. The molecule has 3 N–H and O–H groups in total. The van der Waals surface area contributed by atoms with Crippen molar-refractivity contribution >= 4 is 35.1 Å². The van der Waals surface area contributed by atoms with Crippen molar-refractivity contribution in [3.63, 3.8) is 0 Å². The van der Waals surface area contributed by atoms with Crippen LogP contribution in [0.5, 0.6) is 0 Å². The molecular weight excluding hydrogens is 685 g/mol. The largest absolute Gasteiger partial charge is 0.467 e. The maximum atomic E-state index is 12.8. The van der Waals surface area contributed by atoms with E-state index in [1.54, 1.807) is 23.1 Å². The molecule has 1 fully saturated rings. The van der Waals surface area contributed by atoms with Crippen LogP contribution in [0.15, 0.2) is 107 Å². The number of carbonyl (C=O) groups is 2. The molecule has 2 amide bonds. The molecule has 2 heterocycles. The molecule has 1 aliphatic heterocycles. The minimum absolute atomic E-state index is 0.00811. The molecule has 0 aliphatic carbocycles. The van der Waals surface area contributed by atoms with E-state index >= 15 is 0 Å². The quantitative estimate of drug-likeness (QED) is 0.0874. The van der Waals surface area contributed by atoms with Gasteiger partial charge >= 0.3 is 12.0 Å². The number of nitrogens with one attached hydrogen (secondary N) is 2. The second kappa shape index (κ2) is 17.6. The van der Waals surface area contributed by atoms with Gasteiger partial charge in [0.2, 0.25) is 0 Å². The van der Waals surface area contributed by atoms with Crippen LogP contribution in [0.25, 0.3) is 11.1 Å². The first kappa shape index (κ1) is 36.2. The highest BCUT2D eigenvalue weighted by molar-refractivity contribution is 8.01. The predicted molar refractivity (Wildman–Crippen MR) is 197 cm³/mol. The van der Waals surface area contributed by atoms with Crippen LogP contribution in [0.4, 0.5) is 4.79 Å². The van der Waals surface area contributed by atoms with Gasteiger partial charge in [-0.2, -0.15) is 0 Å². The van der Waals surface area contributed by atoms with Gasteiger partial charge in [0, 0.05) is 30.7 Å². The number of esters is 1. The summed E-state index contributed by atoms with van der Waals surface area (Å²) in [6.07, 6.45) is 0.184. The molecule has 1 aromatic heterocycles. The van der Waals surface area contributed by atoms with Crippen LogP contribution in [0.3, 0.4) is 0 Å². The van der Waals surface area contributed by atoms with Crippen molar-refractivity contribution in [3.8, 4) is 11.1 Å². The fourth-order valence-corrected chi connectivity index (χ4v) is 7.65. The fraction of sp³-hybridized carbons (Fsp3) is 0.282. The number of aliphatic hydroxyl groups excluding tert-OH is 1. The third kappa shape index (κ3) is 10.0. The Morgan fingerprint density at radius 1 is 0.902 bits per heavy atom. The van der Waals surface area contributed by atoms with E-state index < -0.39 is 24.3 Å². The number of urea groups is 1. The SMILES string of the molecule is COC(=O)[C@H](Cc1ccccc1)NC(=O)NCc1cccc(-c2ccc([C@H]3O[C@@H](CSc4nnc(C)s4)C[C@@H](c4ccc(CO)cc4)O3)cc2)c1. The molecule has 1 saturated heterocycles. The standard InChI is InChI=1S/C39H40N4O6S2/c1-25-42-43-39(51-25)50-24-33-21-35(30-13-11-27(23-44)12-14-30)49-37(48-33)31-17-15-29(16-18-31)32-10-6-9-28(19-32)22-40-38(46)41-34(36(45)47-2)20-26-7-4-3-5-8-26/h3-19,33-35,37,44H,20-24H2,1-2H3,(H2,40,41,46)/t33-,34+,35+,37+/m1/s1. The van der Waals surface area contributed by atoms with E-state index in [0.717, 1.165) is 48.3 Å². The minimum atomic E-state index is -0.810. The Bertz CT molecular complexity index is 1890. The van der Waals surface area contributed by atoms with Crippen LogP contribution in [-0.4, -0.2) is 52.3 Å². The van der Waals surface area contributed by atoms with Gasteiger partial charge in [0.1, 0.15) is 11.0 Å². The van der Waals surface area contributed by atoms with Crippen LogP contribution in [0.2, 0.25) is 0 Å². The molecule has 264 valence electrons. The topological polar surface area (TPSA) is 132 Å². The number of aliphatic hydroxyl groups is 1. The first-order chi connectivity index (χ1) is 24.9. The minimum Gasteiger partial charge on any atom is -0.467 e. The predicted octanol–water partition coefficient (Wildman–Crippen LogP) is 6.93. The van der Waals surface area contributed by atoms with Crippen molar-refractivity contribution in [2.75, 3.05) is 12.9 Å². The number of hydrogen-bond donors (Lipinski definition) is 3. The summed E-state index contributed by atoms with van der Waals surface area (Å²) in [4.78, 5) is 25.2. The van der Waals surface area contributed by atoms with E-state index in [9.17, 15) is 14.7 Å². The first-order valence-electron chi connectivity index (χ1n) is 16.7. The van der Waals surface area contributed by atoms with E-state index in [1.807, 2.05) is 110 Å². The zero-order valence-corrected chi connectivity index (χ0v) is 30.0. The summed E-state index contributed by atoms with van der Waals surface area (Å²) in [7, 11) is 1.31. The third-order valence-electron chi connectivity index (χ3n) is 8.49. The maximum absolute atomic E-state index is 12.8. The van der Waals surface area contributed by atoms with E-state index in [1.165, 1.54) is 7.11 Å². The Kier molecular flexibility index (Phi) is 12.5. The normalized spacial score (nSPS) is 17.7. The molecule has 0 radical (unpaired) electrons. The smallest absolute Gasteiger partial charge is 0.328 e. The molecule has 0 unspecified atom stereocenters. The summed E-state index contributed by atoms with van der Waals surface area (Å²) in [5, 5.41) is 24.4. The number of rotatable bonds is 13. The van der Waals surface area contributed by atoms with Gasteiger partial charge in [0.15, 0.2) is 10.6 Å². The van der Waals surface area contributed by atoms with Gasteiger partial charge in [-0.05, 0) is 46.4 Å². The second-order valence-electron chi connectivity index (χ2n) is 12.2. The zero-order chi connectivity index (χ0) is 35.6. The molecule has 4 aromatic carbocycles. The maximum Gasteiger partial charge on any atom is 0.328 e. The Labute approximate surface area is 305 Å². The molecule has 12 heteroatoms. The molecule has 5 aromatic rings. The van der Waals surface area contributed by atoms with Crippen molar-refractivity contribution < 1.29 is 28.9 Å². The Balaban J connectivity index is 1.10. The molecule has 0 saturated carbocycles. The van der Waals surface area contributed by atoms with E-state index in [4.69, 9.17) is 14.2 Å². The number of carbonyl (C=O) groups excluding carboxylic acids is 2. The van der Waals surface area contributed by atoms with Crippen molar-refractivity contribution in [2.45, 2.75) is 61.8 Å². The first-order valence-corrected chi connectivity index (χ1v) is 18.5. The molecule has 6 rings (SSSR count). The van der Waals surface area contributed by atoms with Crippen molar-refractivity contribution in [2.24, 2.45) is 0 Å². The lowest BCUT2D eigenvalue weighted by Crippen LogP contribution is -2.47. The number of methoxy groups -OCH3 is 1. The number of nitrogens with zero attached hydrogens (tertiary/aromatic N) is 2. The lowest BCUT2D eigenvalue weighted by molar-refractivity contribution is -0.245. The molecule has 0 spiro atoms. The molecule has 4 atom stereocenters. The monoisotopic (exact) mass is 724 g/mol. The van der Waals surface area contributed by atoms with Crippen LogP contribution in [0, 0.1) is 6.92 Å².